The van der Waals surface area contributed by atoms with Crippen LogP contribution in [0.15, 0.2) is 18.2 Å². The van der Waals surface area contributed by atoms with E-state index in [-0.39, 0.29) is 6.42 Å². The number of carboxylic acid groups (broad SMARTS) is 1. The molecule has 1 aromatic carbocycles. The van der Waals surface area contributed by atoms with Gasteiger partial charge < -0.3 is 14.6 Å². The first-order valence-corrected chi connectivity index (χ1v) is 10.3. The molecule has 27 heavy (non-hydrogen) atoms. The van der Waals surface area contributed by atoms with Gasteiger partial charge in [0.1, 0.15) is 11.5 Å². The van der Waals surface area contributed by atoms with Gasteiger partial charge in [0.2, 0.25) is 10.0 Å². The van der Waals surface area contributed by atoms with E-state index in [1.54, 1.807) is 52.8 Å². The summed E-state index contributed by atoms with van der Waals surface area (Å²) in [5.41, 5.74) is -0.645. The van der Waals surface area contributed by atoms with Gasteiger partial charge in [-0.2, -0.15) is 0 Å². The van der Waals surface area contributed by atoms with Gasteiger partial charge in [-0.3, -0.25) is 4.79 Å². The van der Waals surface area contributed by atoms with Crippen LogP contribution in [0.5, 0.6) is 11.5 Å². The first-order chi connectivity index (χ1) is 12.3. The molecule has 2 atom stereocenters. The number of benzene rings is 1. The van der Waals surface area contributed by atoms with Gasteiger partial charge >= 0.3 is 5.97 Å². The Hall–Kier alpha value is -1.80. The van der Waals surface area contributed by atoms with Gasteiger partial charge in [-0.05, 0) is 52.7 Å². The highest BCUT2D eigenvalue weighted by atomic mass is 32.2. The van der Waals surface area contributed by atoms with Crippen molar-refractivity contribution in [3.63, 3.8) is 0 Å². The molecule has 0 saturated carbocycles. The fourth-order valence-electron chi connectivity index (χ4n) is 2.62. The lowest BCUT2D eigenvalue weighted by molar-refractivity contribution is -0.148. The predicted octanol–water partition coefficient (Wildman–Crippen LogP) is 3.35. The van der Waals surface area contributed by atoms with Gasteiger partial charge in [0.25, 0.3) is 0 Å². The van der Waals surface area contributed by atoms with Crippen LogP contribution in [0, 0.1) is 5.41 Å². The number of carboxylic acids is 1. The van der Waals surface area contributed by atoms with Crippen LogP contribution < -0.4 is 14.2 Å². The van der Waals surface area contributed by atoms with Gasteiger partial charge in [0, 0.05) is 0 Å². The van der Waals surface area contributed by atoms with E-state index in [1.165, 1.54) is 14.2 Å². The molecule has 2 N–H and O–H groups in total. The SMILES string of the molecule is CCC(C)(CC(NS(=O)(=O)C(C)(C)C)c1c(OC)cccc1OC)C(=O)O. The zero-order chi connectivity index (χ0) is 21.0. The fraction of sp³-hybridized carbons (Fsp3) is 0.632. The van der Waals surface area contributed by atoms with Crippen LogP contribution in [0.3, 0.4) is 0 Å². The fourth-order valence-corrected chi connectivity index (χ4v) is 3.55. The highest BCUT2D eigenvalue weighted by Gasteiger charge is 2.40. The molecule has 0 bridgehead atoms. The van der Waals surface area contributed by atoms with Crippen LogP contribution in [-0.4, -0.2) is 38.5 Å². The second-order valence-corrected chi connectivity index (χ2v) is 10.3. The number of rotatable bonds is 9. The molecule has 0 spiro atoms. The van der Waals surface area contributed by atoms with E-state index in [0.717, 1.165) is 0 Å². The molecule has 2 unspecified atom stereocenters. The molecule has 0 saturated heterocycles. The molecule has 0 radical (unpaired) electrons. The zero-order valence-corrected chi connectivity index (χ0v) is 17.9. The largest absolute Gasteiger partial charge is 0.496 e. The summed E-state index contributed by atoms with van der Waals surface area (Å²) < 4.78 is 38.1. The molecule has 154 valence electrons. The number of hydrogen-bond donors (Lipinski definition) is 2. The summed E-state index contributed by atoms with van der Waals surface area (Å²) in [4.78, 5) is 11.9. The lowest BCUT2D eigenvalue weighted by Crippen LogP contribution is -2.43. The summed E-state index contributed by atoms with van der Waals surface area (Å²) in [5.74, 6) is -0.126. The Morgan fingerprint density at radius 1 is 1.15 bits per heavy atom. The van der Waals surface area contributed by atoms with Crippen LogP contribution >= 0.6 is 0 Å². The Bertz CT molecular complexity index is 747. The highest BCUT2D eigenvalue weighted by Crippen LogP contribution is 2.42. The summed E-state index contributed by atoms with van der Waals surface area (Å²) in [6.07, 6.45) is 0.387. The molecule has 0 aliphatic rings. The molecular weight excluding hydrogens is 370 g/mol. The predicted molar refractivity (Wildman–Crippen MR) is 105 cm³/mol. The zero-order valence-electron chi connectivity index (χ0n) is 17.1. The maximum Gasteiger partial charge on any atom is 0.309 e. The summed E-state index contributed by atoms with van der Waals surface area (Å²) in [6.45, 7) is 8.13. The molecule has 1 rings (SSSR count). The molecule has 0 aliphatic carbocycles. The highest BCUT2D eigenvalue weighted by molar-refractivity contribution is 7.90. The minimum Gasteiger partial charge on any atom is -0.496 e. The van der Waals surface area contributed by atoms with E-state index in [1.807, 2.05) is 0 Å². The Balaban J connectivity index is 3.60. The monoisotopic (exact) mass is 401 g/mol. The number of ether oxygens (including phenoxy) is 2. The Kier molecular flexibility index (Phi) is 7.30. The number of methoxy groups -OCH3 is 2. The van der Waals surface area contributed by atoms with Crippen LogP contribution in [-0.2, 0) is 14.8 Å². The van der Waals surface area contributed by atoms with Crippen molar-refractivity contribution in [1.29, 1.82) is 0 Å². The molecule has 0 aliphatic heterocycles. The maximum absolute atomic E-state index is 12.8. The number of sulfonamides is 1. The van der Waals surface area contributed by atoms with Gasteiger partial charge in [-0.15, -0.1) is 0 Å². The van der Waals surface area contributed by atoms with Crippen LogP contribution in [0.1, 0.15) is 59.1 Å². The maximum atomic E-state index is 12.8. The van der Waals surface area contributed by atoms with Gasteiger partial charge in [-0.25, -0.2) is 13.1 Å². The number of hydrogen-bond acceptors (Lipinski definition) is 5. The molecule has 0 fully saturated rings. The summed E-state index contributed by atoms with van der Waals surface area (Å²) in [6, 6.07) is 4.29. The van der Waals surface area contributed by atoms with Crippen LogP contribution in [0.4, 0.5) is 0 Å². The van der Waals surface area contributed by atoms with Gasteiger partial charge in [0.05, 0.1) is 36.0 Å². The number of aliphatic carboxylic acids is 1. The molecule has 0 aromatic heterocycles. The van der Waals surface area contributed by atoms with Crippen LogP contribution in [0.2, 0.25) is 0 Å². The molecule has 7 nitrogen and oxygen atoms in total. The van der Waals surface area contributed by atoms with Gasteiger partial charge in [0.15, 0.2) is 0 Å². The van der Waals surface area contributed by atoms with E-state index < -0.39 is 32.2 Å². The number of carbonyl (C=O) groups is 1. The summed E-state index contributed by atoms with van der Waals surface area (Å²) in [5, 5.41) is 9.70. The van der Waals surface area contributed by atoms with E-state index in [2.05, 4.69) is 4.72 Å². The van der Waals surface area contributed by atoms with E-state index in [9.17, 15) is 18.3 Å². The van der Waals surface area contributed by atoms with Crippen LogP contribution in [0.25, 0.3) is 0 Å². The molecule has 1 aromatic rings. The Morgan fingerprint density at radius 3 is 1.96 bits per heavy atom. The lowest BCUT2D eigenvalue weighted by atomic mass is 9.79. The van der Waals surface area contributed by atoms with Crippen molar-refractivity contribution in [2.75, 3.05) is 14.2 Å². The van der Waals surface area contributed by atoms with E-state index >= 15 is 0 Å². The standard InChI is InChI=1S/C19H31NO6S/c1-8-19(5,17(21)22)12-13(20-27(23,24)18(2,3)4)16-14(25-6)10-9-11-15(16)26-7/h9-11,13,20H,8,12H2,1-7H3,(H,21,22). The Morgan fingerprint density at radius 2 is 1.63 bits per heavy atom. The average Bonchev–Trinajstić information content (AvgIpc) is 2.58. The van der Waals surface area contributed by atoms with E-state index in [0.29, 0.717) is 23.5 Å². The molecule has 0 amide bonds. The van der Waals surface area contributed by atoms with Crippen molar-refractivity contribution < 1.29 is 27.8 Å². The average molecular weight is 402 g/mol. The second kappa shape index (κ2) is 8.48. The lowest BCUT2D eigenvalue weighted by Gasteiger charge is -2.32. The molecule has 0 heterocycles. The summed E-state index contributed by atoms with van der Waals surface area (Å²) in [7, 11) is -0.803. The van der Waals surface area contributed by atoms with E-state index in [4.69, 9.17) is 9.47 Å². The van der Waals surface area contributed by atoms with Crippen molar-refractivity contribution in [2.24, 2.45) is 5.41 Å². The van der Waals surface area contributed by atoms with Gasteiger partial charge in [-0.1, -0.05) is 13.0 Å². The van der Waals surface area contributed by atoms with Crippen molar-refractivity contribution in [3.8, 4) is 11.5 Å². The second-order valence-electron chi connectivity index (χ2n) is 7.79. The van der Waals surface area contributed by atoms with Crippen molar-refractivity contribution in [2.45, 2.75) is 58.2 Å². The number of nitrogens with one attached hydrogen (secondary N) is 1. The first kappa shape index (κ1) is 23.2. The smallest absolute Gasteiger partial charge is 0.309 e. The normalized spacial score (nSPS) is 15.7. The molecule has 8 heteroatoms. The minimum atomic E-state index is -3.76. The van der Waals surface area contributed by atoms with Crippen molar-refractivity contribution in [1.82, 2.24) is 4.72 Å². The topological polar surface area (TPSA) is 102 Å². The summed E-state index contributed by atoms with van der Waals surface area (Å²) >= 11 is 0. The third-order valence-corrected chi connectivity index (χ3v) is 7.08. The van der Waals surface area contributed by atoms with Crippen molar-refractivity contribution >= 4 is 16.0 Å². The third kappa shape index (κ3) is 5.13. The van der Waals surface area contributed by atoms with Crippen molar-refractivity contribution in [3.05, 3.63) is 23.8 Å². The Labute approximate surface area is 162 Å². The minimum absolute atomic E-state index is 0.0465. The third-order valence-electron chi connectivity index (χ3n) is 4.87. The molecular formula is C19H31NO6S. The quantitative estimate of drug-likeness (QED) is 0.658. The first-order valence-electron chi connectivity index (χ1n) is 8.79.